The molecule has 1 aromatic heterocycles. The summed E-state index contributed by atoms with van der Waals surface area (Å²) < 4.78 is 38.8. The van der Waals surface area contributed by atoms with Gasteiger partial charge in [-0.05, 0) is 23.3 Å². The van der Waals surface area contributed by atoms with Crippen LogP contribution in [0, 0.1) is 0 Å². The number of benzene rings is 1. The minimum Gasteiger partial charge on any atom is -0.326 e. The fourth-order valence-electron chi connectivity index (χ4n) is 1.81. The summed E-state index contributed by atoms with van der Waals surface area (Å²) in [5.41, 5.74) is 6.04. The Labute approximate surface area is 127 Å². The highest BCUT2D eigenvalue weighted by Crippen LogP contribution is 2.37. The summed E-state index contributed by atoms with van der Waals surface area (Å²) in [6.45, 7) is 0.171. The van der Waals surface area contributed by atoms with Gasteiger partial charge in [0.15, 0.2) is 0 Å². The Morgan fingerprint density at radius 3 is 2.25 bits per heavy atom. The summed E-state index contributed by atoms with van der Waals surface area (Å²) in [5.74, 6) is 0. The lowest BCUT2D eigenvalue weighted by molar-refractivity contribution is -0.137. The smallest absolute Gasteiger partial charge is 0.326 e. The van der Waals surface area contributed by atoms with Crippen molar-refractivity contribution < 1.29 is 13.2 Å². The zero-order chi connectivity index (χ0) is 13.2. The third-order valence-corrected chi connectivity index (χ3v) is 2.65. The summed E-state index contributed by atoms with van der Waals surface area (Å²) >= 11 is 0. The highest BCUT2D eigenvalue weighted by Gasteiger charge is 2.33. The van der Waals surface area contributed by atoms with Crippen molar-refractivity contribution in [2.75, 3.05) is 0 Å². The number of aromatic nitrogens is 1. The molecule has 0 aliphatic carbocycles. The van der Waals surface area contributed by atoms with Crippen molar-refractivity contribution in [1.82, 2.24) is 4.98 Å². The summed E-state index contributed by atoms with van der Waals surface area (Å²) in [6, 6.07) is 7.05. The Morgan fingerprint density at radius 1 is 1.00 bits per heavy atom. The fraction of sp³-hybridized carbons (Fsp3) is 0.154. The van der Waals surface area contributed by atoms with Crippen LogP contribution in [-0.4, -0.2) is 4.98 Å². The second-order valence-corrected chi connectivity index (χ2v) is 3.78. The Balaban J connectivity index is 0.00000180. The molecule has 0 fully saturated rings. The van der Waals surface area contributed by atoms with Gasteiger partial charge >= 0.3 is 6.18 Å². The van der Waals surface area contributed by atoms with E-state index in [1.807, 2.05) is 0 Å². The Hall–Kier alpha value is -1.30. The van der Waals surface area contributed by atoms with E-state index in [9.17, 15) is 13.2 Å². The lowest BCUT2D eigenvalue weighted by atomic mass is 9.97. The molecule has 1 heterocycles. The van der Waals surface area contributed by atoms with Crippen LogP contribution >= 0.6 is 24.8 Å². The monoisotopic (exact) mass is 324 g/mol. The summed E-state index contributed by atoms with van der Waals surface area (Å²) in [4.78, 5) is 3.87. The minimum absolute atomic E-state index is 0. The molecule has 0 saturated heterocycles. The molecule has 0 radical (unpaired) electrons. The van der Waals surface area contributed by atoms with Crippen molar-refractivity contribution in [2.24, 2.45) is 5.73 Å². The van der Waals surface area contributed by atoms with E-state index in [1.165, 1.54) is 24.5 Å². The van der Waals surface area contributed by atoms with Crippen LogP contribution < -0.4 is 5.73 Å². The first-order valence-corrected chi connectivity index (χ1v) is 5.33. The number of nitrogens with zero attached hydrogens (tertiary/aromatic N) is 1. The molecular formula is C13H13Cl2F3N2. The van der Waals surface area contributed by atoms with E-state index < -0.39 is 11.7 Å². The molecule has 1 aromatic carbocycles. The lowest BCUT2D eigenvalue weighted by Crippen LogP contribution is -2.08. The van der Waals surface area contributed by atoms with E-state index in [-0.39, 0.29) is 36.9 Å². The third kappa shape index (κ3) is 3.85. The number of hydrogen-bond acceptors (Lipinski definition) is 2. The third-order valence-electron chi connectivity index (χ3n) is 2.65. The van der Waals surface area contributed by atoms with Crippen LogP contribution in [0.1, 0.15) is 11.1 Å². The first-order chi connectivity index (χ1) is 8.54. The highest BCUT2D eigenvalue weighted by molar-refractivity contribution is 5.85. The number of halogens is 5. The van der Waals surface area contributed by atoms with Crippen molar-refractivity contribution in [2.45, 2.75) is 12.7 Å². The van der Waals surface area contributed by atoms with E-state index in [4.69, 9.17) is 5.73 Å². The number of pyridine rings is 1. The van der Waals surface area contributed by atoms with E-state index in [0.717, 1.165) is 6.07 Å². The zero-order valence-corrected chi connectivity index (χ0v) is 11.9. The topological polar surface area (TPSA) is 38.9 Å². The van der Waals surface area contributed by atoms with Crippen LogP contribution in [0.25, 0.3) is 11.1 Å². The minimum atomic E-state index is -4.39. The molecule has 0 bridgehead atoms. The molecule has 0 aliphatic rings. The average molecular weight is 325 g/mol. The molecule has 110 valence electrons. The van der Waals surface area contributed by atoms with Crippen molar-refractivity contribution in [3.63, 3.8) is 0 Å². The number of nitrogens with two attached hydrogens (primary N) is 1. The zero-order valence-electron chi connectivity index (χ0n) is 10.2. The number of rotatable bonds is 2. The Morgan fingerprint density at radius 2 is 1.65 bits per heavy atom. The van der Waals surface area contributed by atoms with Crippen LogP contribution in [-0.2, 0) is 12.7 Å². The first kappa shape index (κ1) is 18.7. The maximum atomic E-state index is 12.9. The first-order valence-electron chi connectivity index (χ1n) is 5.33. The standard InChI is InChI=1S/C13H11F3N2.2ClH/c14-13(15,16)12-4-2-1-3-10(12)11-8-18-6-5-9(11)7-17;;/h1-6,8H,7,17H2;2*1H. The van der Waals surface area contributed by atoms with Gasteiger partial charge in [-0.3, -0.25) is 4.98 Å². The van der Waals surface area contributed by atoms with E-state index >= 15 is 0 Å². The largest absolute Gasteiger partial charge is 0.417 e. The molecule has 0 unspecified atom stereocenters. The molecule has 0 atom stereocenters. The molecule has 20 heavy (non-hydrogen) atoms. The second kappa shape index (κ2) is 7.47. The predicted molar refractivity (Wildman–Crippen MR) is 77.1 cm³/mol. The van der Waals surface area contributed by atoms with Crippen LogP contribution in [0.3, 0.4) is 0 Å². The van der Waals surface area contributed by atoms with Gasteiger partial charge in [0.1, 0.15) is 0 Å². The molecule has 0 aliphatic heterocycles. The van der Waals surface area contributed by atoms with Gasteiger partial charge < -0.3 is 5.73 Å². The molecule has 2 rings (SSSR count). The van der Waals surface area contributed by atoms with Gasteiger partial charge in [0.2, 0.25) is 0 Å². The normalized spacial score (nSPS) is 10.4. The van der Waals surface area contributed by atoms with E-state index in [0.29, 0.717) is 11.1 Å². The molecular weight excluding hydrogens is 312 g/mol. The maximum absolute atomic E-state index is 12.9. The molecule has 2 nitrogen and oxygen atoms in total. The summed E-state index contributed by atoms with van der Waals surface area (Å²) in [6.07, 6.45) is -1.47. The SMILES string of the molecule is Cl.Cl.NCc1ccncc1-c1ccccc1C(F)(F)F. The van der Waals surface area contributed by atoms with Crippen molar-refractivity contribution >= 4 is 24.8 Å². The second-order valence-electron chi connectivity index (χ2n) is 3.78. The van der Waals surface area contributed by atoms with Gasteiger partial charge in [-0.15, -0.1) is 24.8 Å². The van der Waals surface area contributed by atoms with Crippen molar-refractivity contribution in [1.29, 1.82) is 0 Å². The van der Waals surface area contributed by atoms with Gasteiger partial charge in [0, 0.05) is 24.5 Å². The van der Waals surface area contributed by atoms with Crippen LogP contribution in [0.4, 0.5) is 13.2 Å². The van der Waals surface area contributed by atoms with Crippen molar-refractivity contribution in [3.8, 4) is 11.1 Å². The number of alkyl halides is 3. The van der Waals surface area contributed by atoms with E-state index in [2.05, 4.69) is 4.98 Å². The van der Waals surface area contributed by atoms with Crippen LogP contribution in [0.5, 0.6) is 0 Å². The predicted octanol–water partition coefficient (Wildman–Crippen LogP) is 4.07. The summed E-state index contributed by atoms with van der Waals surface area (Å²) in [7, 11) is 0. The van der Waals surface area contributed by atoms with E-state index in [1.54, 1.807) is 12.1 Å². The average Bonchev–Trinajstić information content (AvgIpc) is 2.37. The molecule has 2 aromatic rings. The lowest BCUT2D eigenvalue weighted by Gasteiger charge is -2.14. The van der Waals surface area contributed by atoms with Gasteiger partial charge in [0.05, 0.1) is 5.56 Å². The van der Waals surface area contributed by atoms with Crippen LogP contribution in [0.2, 0.25) is 0 Å². The molecule has 2 N–H and O–H groups in total. The van der Waals surface area contributed by atoms with Gasteiger partial charge in [-0.25, -0.2) is 0 Å². The summed E-state index contributed by atoms with van der Waals surface area (Å²) in [5, 5.41) is 0. The quantitative estimate of drug-likeness (QED) is 0.904. The highest BCUT2D eigenvalue weighted by atomic mass is 35.5. The molecule has 0 amide bonds. The Kier molecular flexibility index (Phi) is 6.99. The van der Waals surface area contributed by atoms with Gasteiger partial charge in [0.25, 0.3) is 0 Å². The van der Waals surface area contributed by atoms with Gasteiger partial charge in [-0.1, -0.05) is 18.2 Å². The van der Waals surface area contributed by atoms with Crippen LogP contribution in [0.15, 0.2) is 42.7 Å². The number of hydrogen-bond donors (Lipinski definition) is 1. The molecule has 0 spiro atoms. The Bertz CT molecular complexity index is 559. The molecule has 7 heteroatoms. The fourth-order valence-corrected chi connectivity index (χ4v) is 1.81. The molecule has 0 saturated carbocycles. The van der Waals surface area contributed by atoms with Crippen molar-refractivity contribution in [3.05, 3.63) is 53.9 Å². The maximum Gasteiger partial charge on any atom is 0.417 e. The van der Waals surface area contributed by atoms with Gasteiger partial charge in [-0.2, -0.15) is 13.2 Å².